The number of para-hydroxylation sites is 1. The van der Waals surface area contributed by atoms with E-state index in [1.807, 2.05) is 30.3 Å². The van der Waals surface area contributed by atoms with Crippen LogP contribution in [0.3, 0.4) is 0 Å². The standard InChI is InChI=1S/C16H18N8O2/c25-14(10-23-19-11-18-21-23)17-8-9-22-16(26)24(13-4-2-1-3-5-13)15(20-22)12-6-7-12/h1-5,11-12H,6-10H2,(H,17,25). The fourth-order valence-corrected chi connectivity index (χ4v) is 2.74. The van der Waals surface area contributed by atoms with Crippen molar-refractivity contribution in [1.29, 1.82) is 0 Å². The van der Waals surface area contributed by atoms with Gasteiger partial charge in [-0.2, -0.15) is 9.90 Å². The number of carbonyl (C=O) groups is 1. The zero-order valence-electron chi connectivity index (χ0n) is 14.0. The highest BCUT2D eigenvalue weighted by atomic mass is 16.2. The van der Waals surface area contributed by atoms with Crippen LogP contribution in [0.15, 0.2) is 41.5 Å². The van der Waals surface area contributed by atoms with E-state index < -0.39 is 0 Å². The Morgan fingerprint density at radius 1 is 1.23 bits per heavy atom. The van der Waals surface area contributed by atoms with E-state index in [1.54, 1.807) is 4.57 Å². The molecule has 0 atom stereocenters. The Bertz CT molecular complexity index is 941. The first-order valence-electron chi connectivity index (χ1n) is 8.45. The number of amides is 1. The number of carbonyl (C=O) groups excluding carboxylic acids is 1. The molecule has 1 aromatic carbocycles. The quantitative estimate of drug-likeness (QED) is 0.624. The molecule has 1 aliphatic carbocycles. The predicted molar refractivity (Wildman–Crippen MR) is 90.6 cm³/mol. The Morgan fingerprint density at radius 3 is 2.73 bits per heavy atom. The monoisotopic (exact) mass is 354 g/mol. The van der Waals surface area contributed by atoms with Gasteiger partial charge in [-0.25, -0.2) is 14.0 Å². The van der Waals surface area contributed by atoms with Crippen molar-refractivity contribution in [2.24, 2.45) is 0 Å². The Hall–Kier alpha value is -3.30. The Morgan fingerprint density at radius 2 is 2.04 bits per heavy atom. The van der Waals surface area contributed by atoms with Crippen LogP contribution >= 0.6 is 0 Å². The van der Waals surface area contributed by atoms with Crippen LogP contribution < -0.4 is 11.0 Å². The number of hydrogen-bond acceptors (Lipinski definition) is 6. The maximum atomic E-state index is 12.8. The second kappa shape index (κ2) is 6.90. The third kappa shape index (κ3) is 3.39. The number of nitrogens with one attached hydrogen (secondary N) is 1. The number of hydrogen-bond donors (Lipinski definition) is 1. The molecule has 1 fully saturated rings. The summed E-state index contributed by atoms with van der Waals surface area (Å²) in [5.41, 5.74) is 0.622. The first-order chi connectivity index (χ1) is 12.7. The summed E-state index contributed by atoms with van der Waals surface area (Å²) in [6.45, 7) is 0.582. The van der Waals surface area contributed by atoms with E-state index in [1.165, 1.54) is 15.8 Å². The van der Waals surface area contributed by atoms with Crippen molar-refractivity contribution in [2.75, 3.05) is 6.54 Å². The smallest absolute Gasteiger partial charge is 0.350 e. The Kier molecular flexibility index (Phi) is 4.30. The average molecular weight is 354 g/mol. The molecule has 0 bridgehead atoms. The highest BCUT2D eigenvalue weighted by Gasteiger charge is 2.31. The van der Waals surface area contributed by atoms with Gasteiger partial charge in [0.2, 0.25) is 5.91 Å². The fourth-order valence-electron chi connectivity index (χ4n) is 2.74. The minimum Gasteiger partial charge on any atom is -0.353 e. The van der Waals surface area contributed by atoms with E-state index in [0.29, 0.717) is 19.0 Å². The molecule has 0 unspecified atom stereocenters. The molecule has 0 saturated heterocycles. The highest BCUT2D eigenvalue weighted by molar-refractivity contribution is 5.75. The highest BCUT2D eigenvalue weighted by Crippen LogP contribution is 2.39. The topological polar surface area (TPSA) is 113 Å². The number of rotatable bonds is 7. The van der Waals surface area contributed by atoms with E-state index >= 15 is 0 Å². The van der Waals surface area contributed by atoms with Crippen molar-refractivity contribution < 1.29 is 4.79 Å². The summed E-state index contributed by atoms with van der Waals surface area (Å²) >= 11 is 0. The van der Waals surface area contributed by atoms with Crippen molar-refractivity contribution in [3.8, 4) is 5.69 Å². The molecule has 0 aliphatic heterocycles. The normalized spacial score (nSPS) is 13.7. The van der Waals surface area contributed by atoms with Crippen LogP contribution in [0.25, 0.3) is 5.69 Å². The van der Waals surface area contributed by atoms with Gasteiger partial charge in [-0.3, -0.25) is 4.79 Å². The third-order valence-electron chi connectivity index (χ3n) is 4.14. The maximum Gasteiger partial charge on any atom is 0.350 e. The number of tetrazole rings is 1. The van der Waals surface area contributed by atoms with Crippen LogP contribution in [-0.2, 0) is 17.9 Å². The van der Waals surface area contributed by atoms with Gasteiger partial charge in [-0.05, 0) is 30.2 Å². The fraction of sp³-hybridized carbons (Fsp3) is 0.375. The molecule has 2 heterocycles. The molecule has 2 aromatic heterocycles. The molecule has 1 aliphatic rings. The second-order valence-electron chi connectivity index (χ2n) is 6.13. The largest absolute Gasteiger partial charge is 0.353 e. The second-order valence-corrected chi connectivity index (χ2v) is 6.13. The van der Waals surface area contributed by atoms with E-state index in [2.05, 4.69) is 25.8 Å². The summed E-state index contributed by atoms with van der Waals surface area (Å²) in [4.78, 5) is 25.8. The summed E-state index contributed by atoms with van der Waals surface area (Å²) in [6.07, 6.45) is 3.36. The molecule has 0 spiro atoms. The molecule has 3 aromatic rings. The molecule has 10 nitrogen and oxygen atoms in total. The summed E-state index contributed by atoms with van der Waals surface area (Å²) in [6, 6.07) is 9.50. The van der Waals surface area contributed by atoms with Crippen LogP contribution in [0.2, 0.25) is 0 Å². The van der Waals surface area contributed by atoms with Gasteiger partial charge in [0.1, 0.15) is 12.4 Å². The third-order valence-corrected chi connectivity index (χ3v) is 4.14. The molecule has 1 saturated carbocycles. The van der Waals surface area contributed by atoms with Gasteiger partial charge in [-0.15, -0.1) is 10.2 Å². The maximum absolute atomic E-state index is 12.8. The lowest BCUT2D eigenvalue weighted by Gasteiger charge is -2.04. The number of nitrogens with zero attached hydrogens (tertiary/aromatic N) is 7. The van der Waals surface area contributed by atoms with Gasteiger partial charge in [-0.1, -0.05) is 18.2 Å². The summed E-state index contributed by atoms with van der Waals surface area (Å²) < 4.78 is 3.08. The zero-order valence-corrected chi connectivity index (χ0v) is 14.0. The molecule has 4 rings (SSSR count). The van der Waals surface area contributed by atoms with Crippen LogP contribution in [0.5, 0.6) is 0 Å². The molecule has 134 valence electrons. The van der Waals surface area contributed by atoms with E-state index in [4.69, 9.17) is 0 Å². The molecular formula is C16H18N8O2. The number of aromatic nitrogens is 7. The minimum atomic E-state index is -0.249. The lowest BCUT2D eigenvalue weighted by molar-refractivity contribution is -0.122. The van der Waals surface area contributed by atoms with Crippen molar-refractivity contribution in [1.82, 2.24) is 39.9 Å². The Balaban J connectivity index is 1.45. The zero-order chi connectivity index (χ0) is 17.9. The van der Waals surface area contributed by atoms with Gasteiger partial charge >= 0.3 is 5.69 Å². The van der Waals surface area contributed by atoms with E-state index in [0.717, 1.165) is 24.4 Å². The summed E-state index contributed by atoms with van der Waals surface area (Å²) in [5, 5.41) is 18.2. The SMILES string of the molecule is O=C(Cn1ncnn1)NCCn1nc(C2CC2)n(-c2ccccc2)c1=O. The molecule has 26 heavy (non-hydrogen) atoms. The van der Waals surface area contributed by atoms with Crippen LogP contribution in [-0.4, -0.2) is 47.0 Å². The van der Waals surface area contributed by atoms with Gasteiger partial charge in [0.15, 0.2) is 6.33 Å². The van der Waals surface area contributed by atoms with Gasteiger partial charge in [0.25, 0.3) is 0 Å². The van der Waals surface area contributed by atoms with Crippen LogP contribution in [0, 0.1) is 0 Å². The first kappa shape index (κ1) is 16.2. The van der Waals surface area contributed by atoms with Crippen molar-refractivity contribution in [2.45, 2.75) is 31.8 Å². The van der Waals surface area contributed by atoms with Gasteiger partial charge in [0, 0.05) is 12.5 Å². The molecule has 0 radical (unpaired) electrons. The predicted octanol–water partition coefficient (Wildman–Crippen LogP) is -0.286. The average Bonchev–Trinajstić information content (AvgIpc) is 3.28. The van der Waals surface area contributed by atoms with E-state index in [9.17, 15) is 9.59 Å². The molecule has 1 N–H and O–H groups in total. The van der Waals surface area contributed by atoms with Crippen molar-refractivity contribution >= 4 is 5.91 Å². The lowest BCUT2D eigenvalue weighted by atomic mass is 10.3. The van der Waals surface area contributed by atoms with Crippen molar-refractivity contribution in [3.05, 3.63) is 53.0 Å². The Labute approximate surface area is 148 Å². The van der Waals surface area contributed by atoms with Gasteiger partial charge < -0.3 is 5.32 Å². The van der Waals surface area contributed by atoms with Crippen LogP contribution in [0.4, 0.5) is 0 Å². The van der Waals surface area contributed by atoms with E-state index in [-0.39, 0.29) is 18.1 Å². The van der Waals surface area contributed by atoms with Crippen molar-refractivity contribution in [3.63, 3.8) is 0 Å². The number of benzene rings is 1. The summed E-state index contributed by atoms with van der Waals surface area (Å²) in [5.74, 6) is 0.873. The van der Waals surface area contributed by atoms with Crippen LogP contribution in [0.1, 0.15) is 24.6 Å². The molecule has 1 amide bonds. The summed E-state index contributed by atoms with van der Waals surface area (Å²) in [7, 11) is 0. The molecule has 10 heteroatoms. The lowest BCUT2D eigenvalue weighted by Crippen LogP contribution is -2.34. The molecular weight excluding hydrogens is 336 g/mol. The first-order valence-corrected chi connectivity index (χ1v) is 8.45. The minimum absolute atomic E-state index is 0.0132. The van der Waals surface area contributed by atoms with Gasteiger partial charge in [0.05, 0.1) is 12.2 Å².